The Labute approximate surface area is 194 Å². The summed E-state index contributed by atoms with van der Waals surface area (Å²) in [6, 6.07) is 23.0. The predicted molar refractivity (Wildman–Crippen MR) is 125 cm³/mol. The first kappa shape index (κ1) is 23.8. The zero-order valence-corrected chi connectivity index (χ0v) is 19.5. The molecule has 0 aliphatic carbocycles. The number of carbonyl (C=O) groups is 1. The minimum absolute atomic E-state index is 0.0315. The number of halogens is 1. The van der Waals surface area contributed by atoms with Gasteiger partial charge in [-0.15, -0.1) is 0 Å². The number of rotatable bonds is 9. The van der Waals surface area contributed by atoms with Crippen molar-refractivity contribution in [2.75, 3.05) is 20.7 Å². The normalized spacial score (nSPS) is 11.4. The van der Waals surface area contributed by atoms with E-state index in [1.165, 1.54) is 24.1 Å². The summed E-state index contributed by atoms with van der Waals surface area (Å²) < 4.78 is 33.6. The standard InChI is InChI=1S/C24H25ClN2O4S/c1-26(16-19-9-5-3-6-10-19)24(28)18-27(17-20-11-7-4-8-12-20)32(29,30)23-15-21(25)13-14-22(23)31-2/h3-15H,16-18H2,1-2H3. The van der Waals surface area contributed by atoms with Gasteiger partial charge in [0.25, 0.3) is 0 Å². The van der Waals surface area contributed by atoms with Crippen LogP contribution in [0.25, 0.3) is 0 Å². The maximum absolute atomic E-state index is 13.6. The maximum atomic E-state index is 13.6. The van der Waals surface area contributed by atoms with Crippen LogP contribution in [0.4, 0.5) is 0 Å². The van der Waals surface area contributed by atoms with Crippen LogP contribution in [-0.2, 0) is 27.9 Å². The van der Waals surface area contributed by atoms with Crippen LogP contribution in [-0.4, -0.2) is 44.2 Å². The Morgan fingerprint density at radius 3 is 2.03 bits per heavy atom. The van der Waals surface area contributed by atoms with Gasteiger partial charge in [0.05, 0.1) is 13.7 Å². The molecule has 0 N–H and O–H groups in total. The van der Waals surface area contributed by atoms with Crippen molar-refractivity contribution in [1.82, 2.24) is 9.21 Å². The van der Waals surface area contributed by atoms with E-state index in [0.717, 1.165) is 15.4 Å². The van der Waals surface area contributed by atoms with E-state index in [1.54, 1.807) is 13.1 Å². The molecule has 3 aromatic rings. The molecule has 0 bridgehead atoms. The number of nitrogens with zero attached hydrogens (tertiary/aromatic N) is 2. The number of ether oxygens (including phenoxy) is 1. The molecule has 8 heteroatoms. The van der Waals surface area contributed by atoms with Crippen molar-refractivity contribution < 1.29 is 17.9 Å². The molecule has 0 atom stereocenters. The Morgan fingerprint density at radius 1 is 0.906 bits per heavy atom. The molecule has 0 fully saturated rings. The van der Waals surface area contributed by atoms with E-state index in [9.17, 15) is 13.2 Å². The molecule has 0 aliphatic heterocycles. The Morgan fingerprint density at radius 2 is 1.47 bits per heavy atom. The molecule has 0 radical (unpaired) electrons. The first-order valence-corrected chi connectivity index (χ1v) is 11.8. The van der Waals surface area contributed by atoms with Crippen molar-refractivity contribution >= 4 is 27.5 Å². The second-order valence-corrected chi connectivity index (χ2v) is 9.63. The van der Waals surface area contributed by atoms with E-state index in [2.05, 4.69) is 0 Å². The van der Waals surface area contributed by atoms with Gasteiger partial charge < -0.3 is 9.64 Å². The molecule has 0 saturated heterocycles. The zero-order valence-electron chi connectivity index (χ0n) is 17.9. The molecular weight excluding hydrogens is 448 g/mol. The summed E-state index contributed by atoms with van der Waals surface area (Å²) in [5.74, 6) is -0.160. The lowest BCUT2D eigenvalue weighted by Gasteiger charge is -2.26. The molecule has 168 valence electrons. The molecule has 6 nitrogen and oxygen atoms in total. The first-order chi connectivity index (χ1) is 15.3. The summed E-state index contributed by atoms with van der Waals surface area (Å²) >= 11 is 6.08. The van der Waals surface area contributed by atoms with Crippen LogP contribution in [0.15, 0.2) is 83.8 Å². The van der Waals surface area contributed by atoms with Gasteiger partial charge in [-0.2, -0.15) is 4.31 Å². The summed E-state index contributed by atoms with van der Waals surface area (Å²) in [6.07, 6.45) is 0. The number of benzene rings is 3. The third-order valence-corrected chi connectivity index (χ3v) is 6.99. The van der Waals surface area contributed by atoms with Crippen LogP contribution in [0.3, 0.4) is 0 Å². The number of likely N-dealkylation sites (N-methyl/N-ethyl adjacent to an activating group) is 1. The van der Waals surface area contributed by atoms with Crippen LogP contribution in [0, 0.1) is 0 Å². The molecule has 3 aromatic carbocycles. The molecule has 0 aromatic heterocycles. The van der Waals surface area contributed by atoms with Crippen molar-refractivity contribution in [3.8, 4) is 5.75 Å². The Kier molecular flexibility index (Phi) is 7.90. The fourth-order valence-electron chi connectivity index (χ4n) is 3.22. The van der Waals surface area contributed by atoms with E-state index >= 15 is 0 Å². The fraction of sp³-hybridized carbons (Fsp3) is 0.208. The molecule has 3 rings (SSSR count). The van der Waals surface area contributed by atoms with Gasteiger partial charge >= 0.3 is 0 Å². The van der Waals surface area contributed by atoms with Gasteiger partial charge in [0, 0.05) is 25.2 Å². The van der Waals surface area contributed by atoms with Crippen molar-refractivity contribution in [3.05, 3.63) is 95.0 Å². The van der Waals surface area contributed by atoms with Gasteiger partial charge in [0.2, 0.25) is 15.9 Å². The second-order valence-electron chi connectivity index (χ2n) is 7.29. The highest BCUT2D eigenvalue weighted by Gasteiger charge is 2.31. The number of carbonyl (C=O) groups excluding carboxylic acids is 1. The monoisotopic (exact) mass is 472 g/mol. The second kappa shape index (κ2) is 10.6. The molecular formula is C24H25ClN2O4S. The molecule has 0 saturated carbocycles. The molecule has 0 aliphatic rings. The van der Waals surface area contributed by atoms with Crippen molar-refractivity contribution in [1.29, 1.82) is 0 Å². The van der Waals surface area contributed by atoms with Gasteiger partial charge in [-0.05, 0) is 29.3 Å². The third kappa shape index (κ3) is 5.88. The predicted octanol–water partition coefficient (Wildman–Crippen LogP) is 4.20. The number of amides is 1. The number of sulfonamides is 1. The minimum atomic E-state index is -4.09. The van der Waals surface area contributed by atoms with Gasteiger partial charge in [0.1, 0.15) is 10.6 Å². The highest BCUT2D eigenvalue weighted by molar-refractivity contribution is 7.89. The Bertz CT molecular complexity index is 1160. The maximum Gasteiger partial charge on any atom is 0.247 e. The quantitative estimate of drug-likeness (QED) is 0.468. The average Bonchev–Trinajstić information content (AvgIpc) is 2.79. The van der Waals surface area contributed by atoms with Gasteiger partial charge in [-0.25, -0.2) is 8.42 Å². The Hall–Kier alpha value is -2.87. The van der Waals surface area contributed by atoms with Crippen molar-refractivity contribution in [3.63, 3.8) is 0 Å². The topological polar surface area (TPSA) is 66.9 Å². The van der Waals surface area contributed by atoms with Crippen LogP contribution < -0.4 is 4.74 Å². The van der Waals surface area contributed by atoms with Crippen molar-refractivity contribution in [2.24, 2.45) is 0 Å². The fourth-order valence-corrected chi connectivity index (χ4v) is 5.02. The van der Waals surface area contributed by atoms with Crippen LogP contribution in [0.5, 0.6) is 5.75 Å². The summed E-state index contributed by atoms with van der Waals surface area (Å²) in [5, 5.41) is 0.261. The highest BCUT2D eigenvalue weighted by Crippen LogP contribution is 2.30. The number of methoxy groups -OCH3 is 1. The summed E-state index contributed by atoms with van der Waals surface area (Å²) in [4.78, 5) is 14.4. The molecule has 0 heterocycles. The van der Waals surface area contributed by atoms with E-state index in [-0.39, 0.29) is 34.7 Å². The van der Waals surface area contributed by atoms with E-state index < -0.39 is 10.0 Å². The summed E-state index contributed by atoms with van der Waals surface area (Å²) in [7, 11) is -1.04. The molecule has 32 heavy (non-hydrogen) atoms. The van der Waals surface area contributed by atoms with Crippen LogP contribution >= 0.6 is 11.6 Å². The number of hydrogen-bond donors (Lipinski definition) is 0. The number of hydrogen-bond acceptors (Lipinski definition) is 4. The minimum Gasteiger partial charge on any atom is -0.495 e. The summed E-state index contributed by atoms with van der Waals surface area (Å²) in [5.41, 5.74) is 1.72. The SMILES string of the molecule is COc1ccc(Cl)cc1S(=O)(=O)N(CC(=O)N(C)Cc1ccccc1)Cc1ccccc1. The van der Waals surface area contributed by atoms with E-state index in [4.69, 9.17) is 16.3 Å². The first-order valence-electron chi connectivity index (χ1n) is 9.97. The molecule has 1 amide bonds. The van der Waals surface area contributed by atoms with Crippen LogP contribution in [0.1, 0.15) is 11.1 Å². The van der Waals surface area contributed by atoms with E-state index in [1.807, 2.05) is 60.7 Å². The smallest absolute Gasteiger partial charge is 0.247 e. The third-order valence-electron chi connectivity index (χ3n) is 4.95. The van der Waals surface area contributed by atoms with Crippen molar-refractivity contribution in [2.45, 2.75) is 18.0 Å². The lowest BCUT2D eigenvalue weighted by molar-refractivity contribution is -0.130. The molecule has 0 spiro atoms. The lowest BCUT2D eigenvalue weighted by Crippen LogP contribution is -2.41. The largest absolute Gasteiger partial charge is 0.495 e. The van der Waals surface area contributed by atoms with Gasteiger partial charge in [0.15, 0.2) is 0 Å². The average molecular weight is 473 g/mol. The lowest BCUT2D eigenvalue weighted by atomic mass is 10.2. The summed E-state index contributed by atoms with van der Waals surface area (Å²) in [6.45, 7) is 0.0827. The van der Waals surface area contributed by atoms with Gasteiger partial charge in [-0.1, -0.05) is 72.3 Å². The zero-order chi connectivity index (χ0) is 23.1. The van der Waals surface area contributed by atoms with E-state index in [0.29, 0.717) is 6.54 Å². The Balaban J connectivity index is 1.91. The highest BCUT2D eigenvalue weighted by atomic mass is 35.5. The van der Waals surface area contributed by atoms with Gasteiger partial charge in [-0.3, -0.25) is 4.79 Å². The molecule has 0 unspecified atom stereocenters. The van der Waals surface area contributed by atoms with Crippen LogP contribution in [0.2, 0.25) is 5.02 Å².